The molecule has 84 valence electrons. The fourth-order valence-electron chi connectivity index (χ4n) is 2.24. The lowest BCUT2D eigenvalue weighted by Gasteiger charge is -2.49. The molecule has 0 aliphatic carbocycles. The van der Waals surface area contributed by atoms with Crippen LogP contribution in [-0.4, -0.2) is 17.7 Å². The molecule has 2 saturated heterocycles. The summed E-state index contributed by atoms with van der Waals surface area (Å²) in [6, 6.07) is 0. The minimum atomic E-state index is -1.04. The summed E-state index contributed by atoms with van der Waals surface area (Å²) in [6.45, 7) is 5.75. The summed E-state index contributed by atoms with van der Waals surface area (Å²) in [5.74, 6) is -1.46. The fourth-order valence-corrected chi connectivity index (χ4v) is 2.24. The van der Waals surface area contributed by atoms with Gasteiger partial charge in [-0.1, -0.05) is 20.8 Å². The van der Waals surface area contributed by atoms with E-state index >= 15 is 0 Å². The first-order valence-corrected chi connectivity index (χ1v) is 5.26. The van der Waals surface area contributed by atoms with Gasteiger partial charge in [0.25, 0.3) is 5.79 Å². The van der Waals surface area contributed by atoms with Crippen LogP contribution in [-0.2, 0) is 19.1 Å². The van der Waals surface area contributed by atoms with E-state index in [1.54, 1.807) is 0 Å². The van der Waals surface area contributed by atoms with Crippen LogP contribution < -0.4 is 0 Å². The summed E-state index contributed by atoms with van der Waals surface area (Å²) >= 11 is 0. The molecule has 0 saturated carbocycles. The number of carbonyl (C=O) groups excluding carboxylic acids is 2. The van der Waals surface area contributed by atoms with Crippen molar-refractivity contribution in [2.45, 2.75) is 45.8 Å². The Morgan fingerprint density at radius 3 is 2.00 bits per heavy atom. The Morgan fingerprint density at radius 2 is 1.60 bits per heavy atom. The van der Waals surface area contributed by atoms with Crippen LogP contribution in [0.5, 0.6) is 0 Å². The third-order valence-corrected chi connectivity index (χ3v) is 3.17. The first kappa shape index (κ1) is 10.5. The van der Waals surface area contributed by atoms with E-state index in [0.717, 1.165) is 0 Å². The molecule has 0 aromatic rings. The van der Waals surface area contributed by atoms with Crippen LogP contribution in [0.2, 0.25) is 0 Å². The molecule has 0 atom stereocenters. The van der Waals surface area contributed by atoms with Crippen molar-refractivity contribution in [2.24, 2.45) is 11.3 Å². The van der Waals surface area contributed by atoms with Gasteiger partial charge in [-0.2, -0.15) is 0 Å². The van der Waals surface area contributed by atoms with E-state index in [-0.39, 0.29) is 23.3 Å². The monoisotopic (exact) mass is 212 g/mol. The lowest BCUT2D eigenvalue weighted by atomic mass is 9.75. The molecule has 2 rings (SSSR count). The van der Waals surface area contributed by atoms with E-state index in [0.29, 0.717) is 19.3 Å². The van der Waals surface area contributed by atoms with E-state index in [4.69, 9.17) is 9.47 Å². The number of hydrogen-bond acceptors (Lipinski definition) is 4. The van der Waals surface area contributed by atoms with Gasteiger partial charge < -0.3 is 9.47 Å². The molecule has 0 amide bonds. The van der Waals surface area contributed by atoms with Crippen molar-refractivity contribution < 1.29 is 19.1 Å². The van der Waals surface area contributed by atoms with Crippen molar-refractivity contribution in [3.05, 3.63) is 0 Å². The Labute approximate surface area is 88.9 Å². The maximum Gasteiger partial charge on any atom is 0.309 e. The first-order valence-electron chi connectivity index (χ1n) is 5.26. The lowest BCUT2D eigenvalue weighted by molar-refractivity contribution is -0.294. The summed E-state index contributed by atoms with van der Waals surface area (Å²) in [7, 11) is 0. The third-order valence-electron chi connectivity index (χ3n) is 3.17. The molecule has 0 unspecified atom stereocenters. The Morgan fingerprint density at radius 1 is 1.13 bits per heavy atom. The molecular weight excluding hydrogens is 196 g/mol. The topological polar surface area (TPSA) is 52.6 Å². The molecule has 0 aromatic heterocycles. The molecule has 4 heteroatoms. The maximum absolute atomic E-state index is 11.4. The summed E-state index contributed by atoms with van der Waals surface area (Å²) < 4.78 is 10.6. The molecule has 0 radical (unpaired) electrons. The highest BCUT2D eigenvalue weighted by Gasteiger charge is 2.56. The molecule has 2 aliphatic heterocycles. The minimum absolute atomic E-state index is 0.0896. The quantitative estimate of drug-likeness (QED) is 0.573. The van der Waals surface area contributed by atoms with Crippen LogP contribution in [0.25, 0.3) is 0 Å². The molecule has 2 bridgehead atoms. The average Bonchev–Trinajstić information content (AvgIpc) is 1.97. The number of fused-ring (bicyclic) bond motifs is 2. The van der Waals surface area contributed by atoms with Gasteiger partial charge in [-0.3, -0.25) is 9.59 Å². The van der Waals surface area contributed by atoms with Crippen molar-refractivity contribution >= 4 is 11.9 Å². The Balaban J connectivity index is 2.35. The van der Waals surface area contributed by atoms with Crippen LogP contribution >= 0.6 is 0 Å². The molecule has 0 spiro atoms. The largest absolute Gasteiger partial charge is 0.422 e. The Hall–Kier alpha value is -1.06. The van der Waals surface area contributed by atoms with Crippen LogP contribution in [0.15, 0.2) is 0 Å². The average molecular weight is 212 g/mol. The van der Waals surface area contributed by atoms with E-state index in [2.05, 4.69) is 0 Å². The summed E-state index contributed by atoms with van der Waals surface area (Å²) in [4.78, 5) is 22.8. The zero-order chi connectivity index (χ0) is 11.3. The van der Waals surface area contributed by atoms with E-state index in [9.17, 15) is 9.59 Å². The van der Waals surface area contributed by atoms with Crippen LogP contribution in [0, 0.1) is 11.3 Å². The van der Waals surface area contributed by atoms with Gasteiger partial charge >= 0.3 is 11.9 Å². The van der Waals surface area contributed by atoms with Crippen LogP contribution in [0.4, 0.5) is 0 Å². The van der Waals surface area contributed by atoms with Crippen molar-refractivity contribution in [1.82, 2.24) is 0 Å². The summed E-state index contributed by atoms with van der Waals surface area (Å²) in [6.07, 6.45) is 1.31. The zero-order valence-corrected chi connectivity index (χ0v) is 9.33. The van der Waals surface area contributed by atoms with Gasteiger partial charge in [0.1, 0.15) is 0 Å². The van der Waals surface area contributed by atoms with Gasteiger partial charge in [0.05, 0.1) is 0 Å². The van der Waals surface area contributed by atoms with Crippen LogP contribution in [0.1, 0.15) is 40.0 Å². The van der Waals surface area contributed by atoms with Crippen molar-refractivity contribution in [2.75, 3.05) is 0 Å². The molecule has 4 nitrogen and oxygen atoms in total. The molecule has 2 fully saturated rings. The molecule has 2 aliphatic rings. The van der Waals surface area contributed by atoms with Gasteiger partial charge in [0.15, 0.2) is 0 Å². The van der Waals surface area contributed by atoms with Crippen molar-refractivity contribution in [1.29, 1.82) is 0 Å². The summed E-state index contributed by atoms with van der Waals surface area (Å²) in [5.41, 5.74) is -0.378. The normalized spacial score (nSPS) is 35.8. The standard InChI is InChI=1S/C11H16O4/c1-10(2,3)11-6-7(4-8(12)14-11)5-9(13)15-11/h7H,4-6H2,1-3H3. The Kier molecular flexibility index (Phi) is 2.07. The second-order valence-electron chi connectivity index (χ2n) is 5.43. The van der Waals surface area contributed by atoms with Gasteiger partial charge in [-0.25, -0.2) is 0 Å². The van der Waals surface area contributed by atoms with Gasteiger partial charge in [0.2, 0.25) is 0 Å². The maximum atomic E-state index is 11.4. The highest BCUT2D eigenvalue weighted by molar-refractivity contribution is 5.77. The number of hydrogen-bond donors (Lipinski definition) is 0. The zero-order valence-electron chi connectivity index (χ0n) is 9.33. The van der Waals surface area contributed by atoms with Gasteiger partial charge in [-0.15, -0.1) is 0 Å². The first-order chi connectivity index (χ1) is 6.82. The number of ether oxygens (including phenoxy) is 2. The number of esters is 2. The molecule has 2 heterocycles. The van der Waals surface area contributed by atoms with Crippen molar-refractivity contribution in [3.8, 4) is 0 Å². The fraction of sp³-hybridized carbons (Fsp3) is 0.818. The second kappa shape index (κ2) is 2.97. The SMILES string of the molecule is CC(C)(C)C12CC(CC(=O)O1)CC(=O)O2. The number of carbonyl (C=O) groups is 2. The lowest BCUT2D eigenvalue weighted by Crippen LogP contribution is -2.57. The predicted molar refractivity (Wildman–Crippen MR) is 51.7 cm³/mol. The minimum Gasteiger partial charge on any atom is -0.422 e. The van der Waals surface area contributed by atoms with Crippen LogP contribution in [0.3, 0.4) is 0 Å². The molecule has 0 aromatic carbocycles. The molecule has 0 N–H and O–H groups in total. The predicted octanol–water partition coefficient (Wildman–Crippen LogP) is 1.63. The van der Waals surface area contributed by atoms with E-state index in [1.807, 2.05) is 20.8 Å². The highest BCUT2D eigenvalue weighted by Crippen LogP contribution is 2.47. The van der Waals surface area contributed by atoms with Gasteiger partial charge in [-0.05, 0) is 5.92 Å². The second-order valence-corrected chi connectivity index (χ2v) is 5.43. The molecule has 15 heavy (non-hydrogen) atoms. The van der Waals surface area contributed by atoms with E-state index < -0.39 is 5.79 Å². The number of rotatable bonds is 0. The van der Waals surface area contributed by atoms with Crippen molar-refractivity contribution in [3.63, 3.8) is 0 Å². The smallest absolute Gasteiger partial charge is 0.309 e. The van der Waals surface area contributed by atoms with E-state index in [1.165, 1.54) is 0 Å². The van der Waals surface area contributed by atoms with Gasteiger partial charge in [0, 0.05) is 24.7 Å². The third kappa shape index (κ3) is 1.62. The summed E-state index contributed by atoms with van der Waals surface area (Å²) in [5, 5.41) is 0. The Bertz CT molecular complexity index is 293. The highest BCUT2D eigenvalue weighted by atomic mass is 16.7. The molecular formula is C11H16O4.